The summed E-state index contributed by atoms with van der Waals surface area (Å²) in [6.45, 7) is 5.06. The Balaban J connectivity index is 2.64. The van der Waals surface area contributed by atoms with E-state index in [4.69, 9.17) is 5.73 Å². The average molecular weight is 251 g/mol. The molecule has 1 aromatic heterocycles. The Labute approximate surface area is 105 Å². The molecule has 1 amide bonds. The Bertz CT molecular complexity index is 548. The van der Waals surface area contributed by atoms with Crippen molar-refractivity contribution < 1.29 is 9.90 Å². The molecule has 18 heavy (non-hydrogen) atoms. The lowest BCUT2D eigenvalue weighted by atomic mass is 10.1. The summed E-state index contributed by atoms with van der Waals surface area (Å²) in [5.74, 6) is -0.802. The Kier molecular flexibility index (Phi) is 3.13. The molecule has 6 heteroatoms. The molecule has 0 aliphatic carbocycles. The van der Waals surface area contributed by atoms with Crippen LogP contribution in [-0.2, 0) is 13.1 Å². The van der Waals surface area contributed by atoms with E-state index in [0.717, 1.165) is 0 Å². The smallest absolute Gasteiger partial charge is 0.274 e. The molecule has 0 bridgehead atoms. The zero-order chi connectivity index (χ0) is 13.4. The molecule has 0 saturated carbocycles. The van der Waals surface area contributed by atoms with Gasteiger partial charge in [0.15, 0.2) is 11.4 Å². The van der Waals surface area contributed by atoms with Gasteiger partial charge in [0.2, 0.25) is 5.43 Å². The van der Waals surface area contributed by atoms with Crippen molar-refractivity contribution in [2.24, 2.45) is 5.73 Å². The first-order valence-corrected chi connectivity index (χ1v) is 5.94. The first-order valence-electron chi connectivity index (χ1n) is 5.94. The molecule has 2 heterocycles. The third-order valence-corrected chi connectivity index (χ3v) is 3.23. The summed E-state index contributed by atoms with van der Waals surface area (Å²) in [6.07, 6.45) is 0. The highest BCUT2D eigenvalue weighted by molar-refractivity contribution is 5.96. The molecule has 0 unspecified atom stereocenters. The second-order valence-corrected chi connectivity index (χ2v) is 4.65. The molecule has 1 aromatic rings. The molecule has 0 atom stereocenters. The highest BCUT2D eigenvalue weighted by Crippen LogP contribution is 2.22. The van der Waals surface area contributed by atoms with Crippen LogP contribution in [0.1, 0.15) is 30.0 Å². The van der Waals surface area contributed by atoms with Crippen LogP contribution in [0.15, 0.2) is 10.9 Å². The molecule has 1 aliphatic rings. The molecule has 1 aliphatic heterocycles. The quantitative estimate of drug-likeness (QED) is 0.766. The monoisotopic (exact) mass is 251 g/mol. The maximum absolute atomic E-state index is 12.3. The molecule has 0 saturated heterocycles. The third kappa shape index (κ3) is 1.78. The van der Waals surface area contributed by atoms with Crippen molar-refractivity contribution in [1.29, 1.82) is 0 Å². The summed E-state index contributed by atoms with van der Waals surface area (Å²) in [4.78, 5) is 25.5. The highest BCUT2D eigenvalue weighted by atomic mass is 16.3. The summed E-state index contributed by atoms with van der Waals surface area (Å²) in [7, 11) is 0. The van der Waals surface area contributed by atoms with Gasteiger partial charge in [-0.1, -0.05) is 0 Å². The maximum Gasteiger partial charge on any atom is 0.274 e. The molecule has 0 aromatic carbocycles. The maximum atomic E-state index is 12.3. The Hall–Kier alpha value is -1.82. The van der Waals surface area contributed by atoms with Gasteiger partial charge in [0.05, 0.1) is 0 Å². The first kappa shape index (κ1) is 12.6. The van der Waals surface area contributed by atoms with Crippen LogP contribution in [0.3, 0.4) is 0 Å². The van der Waals surface area contributed by atoms with E-state index < -0.39 is 11.2 Å². The SMILES string of the molecule is CC(C)N1CCn2c(CN)cc(=O)c(O)c2C1=O. The average Bonchev–Trinajstić information content (AvgIpc) is 2.33. The molecule has 0 radical (unpaired) electrons. The van der Waals surface area contributed by atoms with Gasteiger partial charge in [-0.3, -0.25) is 9.59 Å². The summed E-state index contributed by atoms with van der Waals surface area (Å²) < 4.78 is 1.64. The van der Waals surface area contributed by atoms with Crippen molar-refractivity contribution in [2.75, 3.05) is 6.54 Å². The Morgan fingerprint density at radius 3 is 2.61 bits per heavy atom. The first-order chi connectivity index (χ1) is 8.47. The number of hydrogen-bond donors (Lipinski definition) is 2. The van der Waals surface area contributed by atoms with Crippen molar-refractivity contribution in [2.45, 2.75) is 33.0 Å². The molecular weight excluding hydrogens is 234 g/mol. The number of carbonyl (C=O) groups is 1. The zero-order valence-corrected chi connectivity index (χ0v) is 10.5. The van der Waals surface area contributed by atoms with Gasteiger partial charge in [-0.25, -0.2) is 0 Å². The number of carbonyl (C=O) groups excluding carboxylic acids is 1. The molecule has 3 N–H and O–H groups in total. The van der Waals surface area contributed by atoms with Crippen LogP contribution in [0.2, 0.25) is 0 Å². The van der Waals surface area contributed by atoms with Gasteiger partial charge >= 0.3 is 0 Å². The molecule has 98 valence electrons. The lowest BCUT2D eigenvalue weighted by molar-refractivity contribution is 0.0639. The van der Waals surface area contributed by atoms with Gasteiger partial charge < -0.3 is 20.3 Å². The van der Waals surface area contributed by atoms with E-state index in [1.807, 2.05) is 13.8 Å². The minimum Gasteiger partial charge on any atom is -0.503 e. The second kappa shape index (κ2) is 4.45. The number of amides is 1. The standard InChI is InChI=1S/C12H17N3O3/c1-7(2)14-3-4-15-8(6-13)5-9(16)11(17)10(15)12(14)18/h5,7,17H,3-4,6,13H2,1-2H3. The molecule has 0 fully saturated rings. The summed E-state index contributed by atoms with van der Waals surface area (Å²) in [5.41, 5.74) is 5.64. The molecule has 6 nitrogen and oxygen atoms in total. The summed E-state index contributed by atoms with van der Waals surface area (Å²) in [5, 5.41) is 9.81. The van der Waals surface area contributed by atoms with Crippen LogP contribution in [-0.4, -0.2) is 33.1 Å². The van der Waals surface area contributed by atoms with Crippen LogP contribution in [0.25, 0.3) is 0 Å². The fourth-order valence-corrected chi connectivity index (χ4v) is 2.27. The van der Waals surface area contributed by atoms with Crippen LogP contribution in [0, 0.1) is 0 Å². The largest absolute Gasteiger partial charge is 0.503 e. The second-order valence-electron chi connectivity index (χ2n) is 4.65. The van der Waals surface area contributed by atoms with Crippen molar-refractivity contribution in [3.8, 4) is 5.75 Å². The summed E-state index contributed by atoms with van der Waals surface area (Å²) in [6, 6.07) is 1.32. The van der Waals surface area contributed by atoms with Gasteiger partial charge in [-0.05, 0) is 13.8 Å². The van der Waals surface area contributed by atoms with Crippen LogP contribution >= 0.6 is 0 Å². The van der Waals surface area contributed by atoms with Crippen molar-refractivity contribution in [1.82, 2.24) is 9.47 Å². The van der Waals surface area contributed by atoms with E-state index in [2.05, 4.69) is 0 Å². The Morgan fingerprint density at radius 1 is 1.39 bits per heavy atom. The van der Waals surface area contributed by atoms with Crippen LogP contribution in [0.4, 0.5) is 0 Å². The molecule has 0 spiro atoms. The normalized spacial score (nSPS) is 15.1. The van der Waals surface area contributed by atoms with E-state index in [9.17, 15) is 14.7 Å². The Morgan fingerprint density at radius 2 is 2.06 bits per heavy atom. The van der Waals surface area contributed by atoms with Crippen LogP contribution in [0.5, 0.6) is 5.75 Å². The third-order valence-electron chi connectivity index (χ3n) is 3.23. The van der Waals surface area contributed by atoms with E-state index >= 15 is 0 Å². The van der Waals surface area contributed by atoms with Gasteiger partial charge in [-0.2, -0.15) is 0 Å². The fourth-order valence-electron chi connectivity index (χ4n) is 2.27. The number of nitrogens with two attached hydrogens (primary N) is 1. The van der Waals surface area contributed by atoms with Crippen LogP contribution < -0.4 is 11.2 Å². The van der Waals surface area contributed by atoms with Crippen molar-refractivity contribution >= 4 is 5.91 Å². The molecule has 2 rings (SSSR count). The minimum absolute atomic E-state index is 0.0299. The van der Waals surface area contributed by atoms with E-state index in [0.29, 0.717) is 18.8 Å². The number of nitrogens with zero attached hydrogens (tertiary/aromatic N) is 2. The number of hydrogen-bond acceptors (Lipinski definition) is 4. The predicted octanol–water partition coefficient (Wildman–Crippen LogP) is -0.123. The number of rotatable bonds is 2. The number of aromatic nitrogens is 1. The lowest BCUT2D eigenvalue weighted by Gasteiger charge is -2.34. The number of aromatic hydroxyl groups is 1. The zero-order valence-electron chi connectivity index (χ0n) is 10.5. The van der Waals surface area contributed by atoms with Gasteiger partial charge in [0.25, 0.3) is 5.91 Å². The van der Waals surface area contributed by atoms with Gasteiger partial charge in [-0.15, -0.1) is 0 Å². The van der Waals surface area contributed by atoms with Gasteiger partial charge in [0, 0.05) is 37.4 Å². The van der Waals surface area contributed by atoms with E-state index in [1.165, 1.54) is 6.07 Å². The number of fused-ring (bicyclic) bond motifs is 1. The van der Waals surface area contributed by atoms with E-state index in [1.54, 1.807) is 9.47 Å². The fraction of sp³-hybridized carbons (Fsp3) is 0.500. The summed E-state index contributed by atoms with van der Waals surface area (Å²) >= 11 is 0. The van der Waals surface area contributed by atoms with E-state index in [-0.39, 0.29) is 24.2 Å². The molecular formula is C12H17N3O3. The number of pyridine rings is 1. The van der Waals surface area contributed by atoms with Crippen molar-refractivity contribution in [3.63, 3.8) is 0 Å². The highest BCUT2D eigenvalue weighted by Gasteiger charge is 2.30. The predicted molar refractivity (Wildman–Crippen MR) is 66.4 cm³/mol. The topological polar surface area (TPSA) is 88.6 Å². The minimum atomic E-state index is -0.555. The van der Waals surface area contributed by atoms with Gasteiger partial charge in [0.1, 0.15) is 0 Å². The van der Waals surface area contributed by atoms with Crippen molar-refractivity contribution in [3.05, 3.63) is 27.7 Å². The lowest BCUT2D eigenvalue weighted by Crippen LogP contribution is -2.46.